The van der Waals surface area contributed by atoms with E-state index >= 15 is 0 Å². The Morgan fingerprint density at radius 3 is 2.64 bits per heavy atom. The van der Waals surface area contributed by atoms with Crippen LogP contribution in [0.15, 0.2) is 0 Å². The van der Waals surface area contributed by atoms with Gasteiger partial charge in [0.05, 0.1) is 0 Å². The summed E-state index contributed by atoms with van der Waals surface area (Å²) < 4.78 is 17.7. The third-order valence-corrected chi connectivity index (χ3v) is 1.94. The lowest BCUT2D eigenvalue weighted by Gasteiger charge is -2.24. The van der Waals surface area contributed by atoms with Crippen LogP contribution in [0, 0.1) is 0 Å². The summed E-state index contributed by atoms with van der Waals surface area (Å²) in [5, 5.41) is 0. The van der Waals surface area contributed by atoms with Gasteiger partial charge >= 0.3 is 5.97 Å². The van der Waals surface area contributed by atoms with Gasteiger partial charge in [-0.15, -0.1) is 0 Å². The second kappa shape index (κ2) is 3.69. The Balaban J connectivity index is 2.35. The number of ether oxygens (including phenoxy) is 1. The third kappa shape index (κ3) is 2.48. The summed E-state index contributed by atoms with van der Waals surface area (Å²) >= 11 is 0. The van der Waals surface area contributed by atoms with Crippen molar-refractivity contribution in [3.8, 4) is 0 Å². The monoisotopic (exact) mass is 160 g/mol. The maximum atomic E-state index is 12.9. The summed E-state index contributed by atoms with van der Waals surface area (Å²) in [5.74, 6) is -0.375. The molecule has 0 saturated heterocycles. The Bertz CT molecular complexity index is 147. The Morgan fingerprint density at radius 2 is 2.09 bits per heavy atom. The van der Waals surface area contributed by atoms with Crippen LogP contribution in [0.3, 0.4) is 0 Å². The van der Waals surface area contributed by atoms with Crippen molar-refractivity contribution in [1.82, 2.24) is 0 Å². The van der Waals surface area contributed by atoms with Gasteiger partial charge in [-0.3, -0.25) is 4.79 Å². The standard InChI is InChI=1S/C8H13FO2/c1-6(10)11-8-5-3-2-4-7(8)9/h7-8H,2-5H2,1H3. The van der Waals surface area contributed by atoms with Crippen LogP contribution >= 0.6 is 0 Å². The van der Waals surface area contributed by atoms with Gasteiger partial charge in [0, 0.05) is 6.92 Å². The summed E-state index contributed by atoms with van der Waals surface area (Å²) in [6, 6.07) is 0. The summed E-state index contributed by atoms with van der Waals surface area (Å²) in [7, 11) is 0. The SMILES string of the molecule is CC(=O)OC1CCCCC1F. The Kier molecular flexibility index (Phi) is 2.85. The van der Waals surface area contributed by atoms with Crippen LogP contribution in [0.1, 0.15) is 32.6 Å². The minimum Gasteiger partial charge on any atom is -0.459 e. The maximum Gasteiger partial charge on any atom is 0.303 e. The Hall–Kier alpha value is -0.600. The fraction of sp³-hybridized carbons (Fsp3) is 0.875. The molecule has 0 aliphatic heterocycles. The maximum absolute atomic E-state index is 12.9. The van der Waals surface area contributed by atoms with Gasteiger partial charge in [-0.1, -0.05) is 6.42 Å². The van der Waals surface area contributed by atoms with Crippen molar-refractivity contribution in [1.29, 1.82) is 0 Å². The number of alkyl halides is 1. The van der Waals surface area contributed by atoms with Crippen molar-refractivity contribution in [2.75, 3.05) is 0 Å². The van der Waals surface area contributed by atoms with Gasteiger partial charge < -0.3 is 4.74 Å². The number of rotatable bonds is 1. The van der Waals surface area contributed by atoms with Crippen molar-refractivity contribution in [3.63, 3.8) is 0 Å². The average molecular weight is 160 g/mol. The Labute approximate surface area is 65.7 Å². The van der Waals surface area contributed by atoms with E-state index in [1.54, 1.807) is 0 Å². The van der Waals surface area contributed by atoms with Crippen LogP contribution < -0.4 is 0 Å². The molecule has 0 spiro atoms. The van der Waals surface area contributed by atoms with Gasteiger partial charge in [0.2, 0.25) is 0 Å². The zero-order chi connectivity index (χ0) is 8.27. The molecule has 1 rings (SSSR count). The fourth-order valence-electron chi connectivity index (χ4n) is 1.40. The lowest BCUT2D eigenvalue weighted by molar-refractivity contribution is -0.151. The van der Waals surface area contributed by atoms with Gasteiger partial charge in [-0.05, 0) is 19.3 Å². The summed E-state index contributed by atoms with van der Waals surface area (Å²) in [5.41, 5.74) is 0. The van der Waals surface area contributed by atoms with Crippen molar-refractivity contribution in [2.24, 2.45) is 0 Å². The molecule has 2 atom stereocenters. The van der Waals surface area contributed by atoms with E-state index in [0.29, 0.717) is 12.8 Å². The summed E-state index contributed by atoms with van der Waals surface area (Å²) in [6.45, 7) is 1.32. The second-order valence-corrected chi connectivity index (χ2v) is 2.95. The minimum atomic E-state index is -0.937. The van der Waals surface area contributed by atoms with Crippen LogP contribution in [0.5, 0.6) is 0 Å². The van der Waals surface area contributed by atoms with E-state index in [-0.39, 0.29) is 5.97 Å². The molecule has 0 aromatic rings. The van der Waals surface area contributed by atoms with E-state index in [4.69, 9.17) is 4.74 Å². The predicted octanol–water partition coefficient (Wildman–Crippen LogP) is 1.83. The van der Waals surface area contributed by atoms with E-state index in [9.17, 15) is 9.18 Å². The molecule has 0 radical (unpaired) electrons. The molecule has 1 fully saturated rings. The molecule has 64 valence electrons. The lowest BCUT2D eigenvalue weighted by atomic mass is 9.96. The molecule has 1 aliphatic carbocycles. The highest BCUT2D eigenvalue weighted by Gasteiger charge is 2.26. The van der Waals surface area contributed by atoms with Crippen LogP contribution in [-0.2, 0) is 9.53 Å². The fourth-order valence-corrected chi connectivity index (χ4v) is 1.40. The van der Waals surface area contributed by atoms with Crippen molar-refractivity contribution in [2.45, 2.75) is 44.9 Å². The van der Waals surface area contributed by atoms with E-state index < -0.39 is 12.3 Å². The van der Waals surface area contributed by atoms with Crippen LogP contribution in [0.2, 0.25) is 0 Å². The lowest BCUT2D eigenvalue weighted by Crippen LogP contribution is -2.30. The van der Waals surface area contributed by atoms with Crippen molar-refractivity contribution < 1.29 is 13.9 Å². The molecule has 3 heteroatoms. The molecule has 1 aliphatic rings. The zero-order valence-corrected chi connectivity index (χ0v) is 6.68. The number of halogens is 1. The first-order valence-corrected chi connectivity index (χ1v) is 4.01. The molecule has 0 amide bonds. The van der Waals surface area contributed by atoms with Crippen molar-refractivity contribution in [3.05, 3.63) is 0 Å². The number of carbonyl (C=O) groups excluding carboxylic acids is 1. The first-order valence-electron chi connectivity index (χ1n) is 4.01. The van der Waals surface area contributed by atoms with Gasteiger partial charge in [0.1, 0.15) is 12.3 Å². The highest BCUT2D eigenvalue weighted by atomic mass is 19.1. The normalized spacial score (nSPS) is 31.5. The molecular weight excluding hydrogens is 147 g/mol. The first-order chi connectivity index (χ1) is 5.20. The number of hydrogen-bond acceptors (Lipinski definition) is 2. The number of carbonyl (C=O) groups is 1. The molecule has 0 N–H and O–H groups in total. The second-order valence-electron chi connectivity index (χ2n) is 2.95. The van der Waals surface area contributed by atoms with E-state index in [0.717, 1.165) is 12.8 Å². The smallest absolute Gasteiger partial charge is 0.303 e. The van der Waals surface area contributed by atoms with Gasteiger partial charge in [0.25, 0.3) is 0 Å². The molecule has 0 aromatic carbocycles. The molecule has 1 saturated carbocycles. The quantitative estimate of drug-likeness (QED) is 0.547. The minimum absolute atomic E-state index is 0.375. The number of esters is 1. The Morgan fingerprint density at radius 1 is 1.45 bits per heavy atom. The molecule has 0 heterocycles. The third-order valence-electron chi connectivity index (χ3n) is 1.94. The molecule has 0 bridgehead atoms. The van der Waals surface area contributed by atoms with E-state index in [1.165, 1.54) is 6.92 Å². The van der Waals surface area contributed by atoms with Crippen molar-refractivity contribution >= 4 is 5.97 Å². The van der Waals surface area contributed by atoms with E-state index in [1.807, 2.05) is 0 Å². The average Bonchev–Trinajstić information content (AvgIpc) is 1.93. The predicted molar refractivity (Wildman–Crippen MR) is 38.9 cm³/mol. The highest BCUT2D eigenvalue weighted by Crippen LogP contribution is 2.23. The first kappa shape index (κ1) is 8.50. The zero-order valence-electron chi connectivity index (χ0n) is 6.68. The molecule has 2 nitrogen and oxygen atoms in total. The van der Waals surface area contributed by atoms with Crippen LogP contribution in [0.4, 0.5) is 4.39 Å². The van der Waals surface area contributed by atoms with Crippen LogP contribution in [-0.4, -0.2) is 18.2 Å². The molecule has 0 aromatic heterocycles. The molecular formula is C8H13FO2. The molecule has 11 heavy (non-hydrogen) atoms. The van der Waals surface area contributed by atoms with Gasteiger partial charge in [-0.2, -0.15) is 0 Å². The largest absolute Gasteiger partial charge is 0.459 e. The molecule has 2 unspecified atom stereocenters. The van der Waals surface area contributed by atoms with Gasteiger partial charge in [0.15, 0.2) is 0 Å². The van der Waals surface area contributed by atoms with Crippen LogP contribution in [0.25, 0.3) is 0 Å². The summed E-state index contributed by atoms with van der Waals surface area (Å²) in [6.07, 6.45) is 1.70. The topological polar surface area (TPSA) is 26.3 Å². The summed E-state index contributed by atoms with van der Waals surface area (Å²) in [4.78, 5) is 10.5. The highest BCUT2D eigenvalue weighted by molar-refractivity contribution is 5.66. The van der Waals surface area contributed by atoms with Gasteiger partial charge in [-0.25, -0.2) is 4.39 Å². The number of hydrogen-bond donors (Lipinski definition) is 0. The van der Waals surface area contributed by atoms with E-state index in [2.05, 4.69) is 0 Å².